The van der Waals surface area contributed by atoms with Gasteiger partial charge in [-0.15, -0.1) is 11.3 Å². The maximum Gasteiger partial charge on any atom is 0.254 e. The van der Waals surface area contributed by atoms with Gasteiger partial charge in [-0.1, -0.05) is 24.3 Å². The van der Waals surface area contributed by atoms with Gasteiger partial charge in [-0.3, -0.25) is 9.59 Å². The highest BCUT2D eigenvalue weighted by atomic mass is 32.1. The van der Waals surface area contributed by atoms with Gasteiger partial charge in [-0.2, -0.15) is 0 Å². The molecule has 3 aliphatic carbocycles. The summed E-state index contributed by atoms with van der Waals surface area (Å²) in [6, 6.07) is 8.58. The maximum atomic E-state index is 13.4. The van der Waals surface area contributed by atoms with E-state index in [2.05, 4.69) is 23.3 Å². The van der Waals surface area contributed by atoms with Gasteiger partial charge in [0.1, 0.15) is 0 Å². The number of anilines is 1. The largest absolute Gasteiger partial charge is 0.390 e. The maximum absolute atomic E-state index is 13.4. The molecular weight excluding hydrogens is 362 g/mol. The number of thiophene rings is 1. The van der Waals surface area contributed by atoms with Gasteiger partial charge in [0.2, 0.25) is 0 Å². The zero-order valence-electron chi connectivity index (χ0n) is 15.0. The Morgan fingerprint density at radius 1 is 1.19 bits per heavy atom. The Labute approximate surface area is 161 Å². The van der Waals surface area contributed by atoms with Gasteiger partial charge in [-0.05, 0) is 55.2 Å². The molecule has 1 atom stereocenters. The van der Waals surface area contributed by atoms with Crippen molar-refractivity contribution in [1.82, 2.24) is 5.32 Å². The second kappa shape index (κ2) is 6.74. The highest BCUT2D eigenvalue weighted by molar-refractivity contribution is 7.18. The van der Waals surface area contributed by atoms with Gasteiger partial charge in [-0.25, -0.2) is 5.90 Å². The van der Waals surface area contributed by atoms with Crippen LogP contribution in [0.15, 0.2) is 24.3 Å². The number of Topliss-reactive ketones (excluding diaryl/α,β-unsaturated/α-hetero) is 1. The molecular formula is C20H23N3O3S. The van der Waals surface area contributed by atoms with Crippen LogP contribution in [0.25, 0.3) is 0 Å². The Kier molecular flexibility index (Phi) is 4.53. The van der Waals surface area contributed by atoms with Crippen LogP contribution in [0.5, 0.6) is 0 Å². The summed E-state index contributed by atoms with van der Waals surface area (Å²) in [5, 5.41) is 10.0. The van der Waals surface area contributed by atoms with E-state index < -0.39 is 5.41 Å². The molecule has 0 radical (unpaired) electrons. The van der Waals surface area contributed by atoms with Crippen molar-refractivity contribution in [2.75, 3.05) is 5.73 Å². The third-order valence-electron chi connectivity index (χ3n) is 5.97. The van der Waals surface area contributed by atoms with E-state index >= 15 is 0 Å². The molecule has 1 aromatic carbocycles. The van der Waals surface area contributed by atoms with E-state index in [-0.39, 0.29) is 17.7 Å². The van der Waals surface area contributed by atoms with Crippen molar-refractivity contribution in [2.24, 2.45) is 5.90 Å². The van der Waals surface area contributed by atoms with Gasteiger partial charge >= 0.3 is 0 Å². The topological polar surface area (TPSA) is 118 Å². The standard InChI is InChI=1S/C20H20N2O2S.H3NO/c21-18-15(19(24)22-12-5-6-12)13-8-10-20(17(23)16(13)25-18)9-7-11-3-1-2-4-14(11)20;1-2/h1-4,12H,5-10,21H2,(H,22,24);2H,1H2. The number of nitrogens with one attached hydrogen (secondary N) is 1. The van der Waals surface area contributed by atoms with Gasteiger partial charge in [0, 0.05) is 6.04 Å². The minimum absolute atomic E-state index is 0.104. The summed E-state index contributed by atoms with van der Waals surface area (Å²) in [4.78, 5) is 26.7. The molecule has 1 amide bonds. The molecule has 1 spiro atoms. The molecule has 1 unspecified atom stereocenters. The molecule has 0 saturated heterocycles. The van der Waals surface area contributed by atoms with Crippen LogP contribution in [0.4, 0.5) is 5.00 Å². The van der Waals surface area contributed by atoms with Crippen LogP contribution in [0.1, 0.15) is 62.4 Å². The van der Waals surface area contributed by atoms with Crippen molar-refractivity contribution in [3.8, 4) is 0 Å². The number of carbonyl (C=O) groups excluding carboxylic acids is 2. The van der Waals surface area contributed by atoms with Gasteiger partial charge < -0.3 is 16.3 Å². The van der Waals surface area contributed by atoms with Crippen molar-refractivity contribution in [2.45, 2.75) is 50.0 Å². The average molecular weight is 385 g/mol. The number of carbonyl (C=O) groups is 2. The van der Waals surface area contributed by atoms with Crippen LogP contribution in [-0.4, -0.2) is 22.9 Å². The summed E-state index contributed by atoms with van der Waals surface area (Å²) in [6.07, 6.45) is 5.42. The molecule has 0 bridgehead atoms. The van der Waals surface area contributed by atoms with Crippen LogP contribution in [0, 0.1) is 0 Å². The monoisotopic (exact) mass is 385 g/mol. The molecule has 0 aliphatic heterocycles. The summed E-state index contributed by atoms with van der Waals surface area (Å²) in [5.74, 6) is 3.56. The molecule has 27 heavy (non-hydrogen) atoms. The van der Waals surface area contributed by atoms with E-state index in [0.29, 0.717) is 15.4 Å². The zero-order valence-corrected chi connectivity index (χ0v) is 15.8. The lowest BCUT2D eigenvalue weighted by molar-refractivity contribution is 0.0865. The minimum Gasteiger partial charge on any atom is -0.390 e. The fourth-order valence-electron chi connectivity index (χ4n) is 4.49. The molecule has 2 aromatic rings. The molecule has 142 valence electrons. The first-order valence-electron chi connectivity index (χ1n) is 9.21. The van der Waals surface area contributed by atoms with E-state index in [1.54, 1.807) is 0 Å². The Hall–Kier alpha value is -2.22. The number of fused-ring (bicyclic) bond motifs is 3. The van der Waals surface area contributed by atoms with E-state index in [9.17, 15) is 9.59 Å². The molecule has 6 N–H and O–H groups in total. The summed E-state index contributed by atoms with van der Waals surface area (Å²) in [6.45, 7) is 0. The van der Waals surface area contributed by atoms with Crippen molar-refractivity contribution >= 4 is 28.0 Å². The summed E-state index contributed by atoms with van der Waals surface area (Å²) in [5.41, 5.74) is 9.66. The third-order valence-corrected chi connectivity index (χ3v) is 7.03. The fraction of sp³-hybridized carbons (Fsp3) is 0.400. The van der Waals surface area contributed by atoms with Crippen molar-refractivity contribution in [3.05, 3.63) is 51.4 Å². The van der Waals surface area contributed by atoms with Gasteiger partial charge in [0.25, 0.3) is 5.91 Å². The van der Waals surface area contributed by atoms with E-state index in [4.69, 9.17) is 10.9 Å². The van der Waals surface area contributed by atoms with Crippen LogP contribution in [0.2, 0.25) is 0 Å². The first-order chi connectivity index (χ1) is 13.1. The molecule has 3 aliphatic rings. The highest BCUT2D eigenvalue weighted by Gasteiger charge is 2.49. The van der Waals surface area contributed by atoms with Crippen LogP contribution < -0.4 is 16.9 Å². The summed E-state index contributed by atoms with van der Waals surface area (Å²) < 4.78 is 0. The normalized spacial score (nSPS) is 22.7. The van der Waals surface area contributed by atoms with E-state index in [1.165, 1.54) is 22.5 Å². The number of hydrogen-bond acceptors (Lipinski definition) is 6. The van der Waals surface area contributed by atoms with Gasteiger partial charge in [0.05, 0.1) is 20.9 Å². The SMILES string of the molecule is NO.Nc1sc2c(c1C(=O)NC1CC1)CCC1(CCc3ccccc31)C2=O. The van der Waals surface area contributed by atoms with Crippen molar-refractivity contribution in [1.29, 1.82) is 0 Å². The smallest absolute Gasteiger partial charge is 0.254 e. The predicted molar refractivity (Wildman–Crippen MR) is 104 cm³/mol. The van der Waals surface area contributed by atoms with E-state index in [1.807, 2.05) is 12.1 Å². The highest BCUT2D eigenvalue weighted by Crippen LogP contribution is 2.50. The van der Waals surface area contributed by atoms with Crippen molar-refractivity contribution < 1.29 is 14.8 Å². The first-order valence-corrected chi connectivity index (χ1v) is 10.0. The summed E-state index contributed by atoms with van der Waals surface area (Å²) in [7, 11) is 0. The van der Waals surface area contributed by atoms with E-state index in [0.717, 1.165) is 44.1 Å². The Morgan fingerprint density at radius 3 is 2.63 bits per heavy atom. The minimum atomic E-state index is -0.412. The quantitative estimate of drug-likeness (QED) is 0.593. The van der Waals surface area contributed by atoms with Crippen LogP contribution in [0.3, 0.4) is 0 Å². The van der Waals surface area contributed by atoms with Crippen molar-refractivity contribution in [3.63, 3.8) is 0 Å². The second-order valence-electron chi connectivity index (χ2n) is 7.47. The molecule has 6 nitrogen and oxygen atoms in total. The second-order valence-corrected chi connectivity index (χ2v) is 8.52. The molecule has 7 heteroatoms. The number of benzene rings is 1. The zero-order chi connectivity index (χ0) is 19.2. The Bertz CT molecular complexity index is 919. The van der Waals surface area contributed by atoms with Gasteiger partial charge in [0.15, 0.2) is 5.78 Å². The fourth-order valence-corrected chi connectivity index (χ4v) is 5.65. The lowest BCUT2D eigenvalue weighted by atomic mass is 9.69. The Morgan fingerprint density at radius 2 is 1.89 bits per heavy atom. The van der Waals surface area contributed by atoms with Crippen LogP contribution >= 0.6 is 11.3 Å². The lowest BCUT2D eigenvalue weighted by Crippen LogP contribution is -2.38. The summed E-state index contributed by atoms with van der Waals surface area (Å²) >= 11 is 1.30. The number of aryl methyl sites for hydroxylation is 1. The number of amides is 1. The number of hydrogen-bond donors (Lipinski definition) is 4. The predicted octanol–water partition coefficient (Wildman–Crippen LogP) is 2.57. The first kappa shape index (κ1) is 18.2. The number of nitrogens with two attached hydrogens (primary N) is 2. The van der Waals surface area contributed by atoms with Crippen LogP contribution in [-0.2, 0) is 18.3 Å². The third kappa shape index (κ3) is 2.77. The molecule has 1 heterocycles. The number of nitrogen functional groups attached to an aromatic ring is 1. The lowest BCUT2D eigenvalue weighted by Gasteiger charge is -2.33. The number of ketones is 1. The molecule has 1 fully saturated rings. The Balaban J connectivity index is 0.000000872. The molecule has 1 saturated carbocycles. The molecule has 1 aromatic heterocycles. The average Bonchev–Trinajstić information content (AvgIpc) is 3.32. The molecule has 5 rings (SSSR count). The number of rotatable bonds is 2.